The molecule has 3 N–H and O–H groups in total. The van der Waals surface area contributed by atoms with E-state index in [1.54, 1.807) is 12.1 Å². The highest BCUT2D eigenvalue weighted by Gasteiger charge is 2.19. The summed E-state index contributed by atoms with van der Waals surface area (Å²) >= 11 is 0. The van der Waals surface area contributed by atoms with Crippen molar-refractivity contribution in [2.75, 3.05) is 0 Å². The highest BCUT2D eigenvalue weighted by atomic mass is 16.2. The van der Waals surface area contributed by atoms with E-state index in [0.717, 1.165) is 22.3 Å². The van der Waals surface area contributed by atoms with E-state index < -0.39 is 11.9 Å². The Bertz CT molecular complexity index is 917. The Morgan fingerprint density at radius 1 is 0.852 bits per heavy atom. The molecule has 0 fully saturated rings. The van der Waals surface area contributed by atoms with Crippen LogP contribution in [-0.2, 0) is 11.2 Å². The van der Waals surface area contributed by atoms with Gasteiger partial charge in [0, 0.05) is 12.0 Å². The number of carbonyl (C=O) groups is 2. The minimum absolute atomic E-state index is 0.314. The van der Waals surface area contributed by atoms with Gasteiger partial charge in [-0.05, 0) is 35.7 Å². The van der Waals surface area contributed by atoms with Crippen molar-refractivity contribution in [2.24, 2.45) is 5.73 Å². The molecule has 0 saturated heterocycles. The molecule has 3 aromatic rings. The highest BCUT2D eigenvalue weighted by Crippen LogP contribution is 2.19. The molecule has 0 aliphatic carbocycles. The summed E-state index contributed by atoms with van der Waals surface area (Å²) in [7, 11) is 0. The van der Waals surface area contributed by atoms with Crippen molar-refractivity contribution in [3.63, 3.8) is 0 Å². The van der Waals surface area contributed by atoms with Crippen molar-refractivity contribution in [1.82, 2.24) is 5.32 Å². The number of carbonyl (C=O) groups excluding carboxylic acids is 2. The normalized spacial score (nSPS) is 11.6. The SMILES string of the molecule is Cc1ccc(C[C@@H](NC(=O)c2ccc(-c3ccccc3)cc2)C(N)=O)cc1. The fourth-order valence-corrected chi connectivity index (χ4v) is 2.87. The van der Waals surface area contributed by atoms with Gasteiger partial charge in [-0.15, -0.1) is 0 Å². The van der Waals surface area contributed by atoms with Crippen LogP contribution >= 0.6 is 0 Å². The molecular formula is C23H22N2O2. The Balaban J connectivity index is 1.70. The van der Waals surface area contributed by atoms with Crippen LogP contribution in [-0.4, -0.2) is 17.9 Å². The zero-order valence-electron chi connectivity index (χ0n) is 15.2. The van der Waals surface area contributed by atoms with E-state index in [1.807, 2.05) is 73.7 Å². The van der Waals surface area contributed by atoms with Crippen LogP contribution in [0.4, 0.5) is 0 Å². The van der Waals surface area contributed by atoms with Gasteiger partial charge in [0.25, 0.3) is 5.91 Å². The van der Waals surface area contributed by atoms with Gasteiger partial charge in [-0.25, -0.2) is 0 Å². The number of hydrogen-bond donors (Lipinski definition) is 2. The molecule has 0 saturated carbocycles. The lowest BCUT2D eigenvalue weighted by Gasteiger charge is -2.16. The molecule has 3 aromatic carbocycles. The third-order valence-electron chi connectivity index (χ3n) is 4.46. The smallest absolute Gasteiger partial charge is 0.251 e. The summed E-state index contributed by atoms with van der Waals surface area (Å²) in [4.78, 5) is 24.3. The summed E-state index contributed by atoms with van der Waals surface area (Å²) in [5, 5.41) is 2.74. The summed E-state index contributed by atoms with van der Waals surface area (Å²) in [5.41, 5.74) is 10.2. The Morgan fingerprint density at radius 3 is 2.04 bits per heavy atom. The minimum atomic E-state index is -0.756. The van der Waals surface area contributed by atoms with Crippen molar-refractivity contribution in [2.45, 2.75) is 19.4 Å². The van der Waals surface area contributed by atoms with Crippen LogP contribution < -0.4 is 11.1 Å². The van der Waals surface area contributed by atoms with Gasteiger partial charge >= 0.3 is 0 Å². The van der Waals surface area contributed by atoms with Crippen LogP contribution in [0.1, 0.15) is 21.5 Å². The molecular weight excluding hydrogens is 336 g/mol. The topological polar surface area (TPSA) is 72.2 Å². The molecule has 2 amide bonds. The summed E-state index contributed by atoms with van der Waals surface area (Å²) in [6.07, 6.45) is 0.365. The largest absolute Gasteiger partial charge is 0.368 e. The molecule has 0 spiro atoms. The molecule has 4 heteroatoms. The van der Waals surface area contributed by atoms with Gasteiger partial charge in [0.15, 0.2) is 0 Å². The predicted octanol–water partition coefficient (Wildman–Crippen LogP) is 3.49. The number of nitrogens with one attached hydrogen (secondary N) is 1. The van der Waals surface area contributed by atoms with Crippen molar-refractivity contribution < 1.29 is 9.59 Å². The zero-order chi connectivity index (χ0) is 19.2. The Labute approximate surface area is 159 Å². The first-order chi connectivity index (χ1) is 13.0. The fourth-order valence-electron chi connectivity index (χ4n) is 2.87. The van der Waals surface area contributed by atoms with Gasteiger partial charge in [0.2, 0.25) is 5.91 Å². The molecule has 0 radical (unpaired) electrons. The van der Waals surface area contributed by atoms with E-state index in [2.05, 4.69) is 5.32 Å². The highest BCUT2D eigenvalue weighted by molar-refractivity contribution is 5.97. The maximum Gasteiger partial charge on any atom is 0.251 e. The Kier molecular flexibility index (Phi) is 5.67. The standard InChI is InChI=1S/C23H22N2O2/c1-16-7-9-17(10-8-16)15-21(22(24)26)25-23(27)20-13-11-19(12-14-20)18-5-3-2-4-6-18/h2-14,21H,15H2,1H3,(H2,24,26)(H,25,27)/t21-/m1/s1. The number of rotatable bonds is 6. The molecule has 1 atom stereocenters. The quantitative estimate of drug-likeness (QED) is 0.708. The second-order valence-electron chi connectivity index (χ2n) is 6.56. The molecule has 0 aliphatic heterocycles. The summed E-state index contributed by atoms with van der Waals surface area (Å²) < 4.78 is 0. The first-order valence-corrected chi connectivity index (χ1v) is 8.84. The third kappa shape index (κ3) is 4.82. The Hall–Kier alpha value is -3.40. The van der Waals surface area contributed by atoms with Crippen LogP contribution in [0.15, 0.2) is 78.9 Å². The Morgan fingerprint density at radius 2 is 1.44 bits per heavy atom. The van der Waals surface area contributed by atoms with Crippen molar-refractivity contribution in [3.8, 4) is 11.1 Å². The summed E-state index contributed by atoms with van der Waals surface area (Å²) in [5.74, 6) is -0.865. The van der Waals surface area contributed by atoms with Gasteiger partial charge in [-0.3, -0.25) is 9.59 Å². The molecule has 0 bridgehead atoms. The van der Waals surface area contributed by atoms with Crippen LogP contribution in [0.5, 0.6) is 0 Å². The van der Waals surface area contributed by atoms with Gasteiger partial charge in [-0.2, -0.15) is 0 Å². The average molecular weight is 358 g/mol. The number of amides is 2. The molecule has 136 valence electrons. The van der Waals surface area contributed by atoms with Gasteiger partial charge < -0.3 is 11.1 Å². The van der Waals surface area contributed by atoms with Crippen molar-refractivity contribution >= 4 is 11.8 Å². The molecule has 27 heavy (non-hydrogen) atoms. The lowest BCUT2D eigenvalue weighted by Crippen LogP contribution is -2.45. The number of nitrogens with two attached hydrogens (primary N) is 1. The second kappa shape index (κ2) is 8.32. The number of benzene rings is 3. The fraction of sp³-hybridized carbons (Fsp3) is 0.130. The van der Waals surface area contributed by atoms with E-state index in [1.165, 1.54) is 0 Å². The van der Waals surface area contributed by atoms with E-state index in [9.17, 15) is 9.59 Å². The van der Waals surface area contributed by atoms with E-state index >= 15 is 0 Å². The summed E-state index contributed by atoms with van der Waals surface area (Å²) in [6.45, 7) is 2.00. The lowest BCUT2D eigenvalue weighted by molar-refractivity contribution is -0.119. The predicted molar refractivity (Wildman–Crippen MR) is 107 cm³/mol. The molecule has 0 aliphatic rings. The van der Waals surface area contributed by atoms with Gasteiger partial charge in [0.05, 0.1) is 0 Å². The minimum Gasteiger partial charge on any atom is -0.368 e. The number of hydrogen-bond acceptors (Lipinski definition) is 2. The van der Waals surface area contributed by atoms with Crippen LogP contribution in [0.25, 0.3) is 11.1 Å². The van der Waals surface area contributed by atoms with Gasteiger partial charge in [-0.1, -0.05) is 72.3 Å². The van der Waals surface area contributed by atoms with Crippen molar-refractivity contribution in [1.29, 1.82) is 0 Å². The third-order valence-corrected chi connectivity index (χ3v) is 4.46. The van der Waals surface area contributed by atoms with Gasteiger partial charge in [0.1, 0.15) is 6.04 Å². The average Bonchev–Trinajstić information content (AvgIpc) is 2.69. The number of primary amides is 1. The van der Waals surface area contributed by atoms with Crippen LogP contribution in [0.3, 0.4) is 0 Å². The first kappa shape index (κ1) is 18.4. The molecule has 0 heterocycles. The maximum atomic E-state index is 12.5. The molecule has 4 nitrogen and oxygen atoms in total. The van der Waals surface area contributed by atoms with E-state index in [-0.39, 0.29) is 5.91 Å². The molecule has 0 aromatic heterocycles. The van der Waals surface area contributed by atoms with E-state index in [4.69, 9.17) is 5.73 Å². The van der Waals surface area contributed by atoms with Crippen LogP contribution in [0.2, 0.25) is 0 Å². The maximum absolute atomic E-state index is 12.5. The van der Waals surface area contributed by atoms with Crippen LogP contribution in [0, 0.1) is 6.92 Å². The first-order valence-electron chi connectivity index (χ1n) is 8.84. The van der Waals surface area contributed by atoms with E-state index in [0.29, 0.717) is 12.0 Å². The molecule has 3 rings (SSSR count). The summed E-state index contributed by atoms with van der Waals surface area (Å²) in [6, 6.07) is 24.3. The second-order valence-corrected chi connectivity index (χ2v) is 6.56. The molecule has 0 unspecified atom stereocenters. The lowest BCUT2D eigenvalue weighted by atomic mass is 10.0. The zero-order valence-corrected chi connectivity index (χ0v) is 15.2. The number of aryl methyl sites for hydroxylation is 1. The monoisotopic (exact) mass is 358 g/mol. The van der Waals surface area contributed by atoms with Crippen molar-refractivity contribution in [3.05, 3.63) is 95.6 Å².